The zero-order chi connectivity index (χ0) is 14.6. The van der Waals surface area contributed by atoms with E-state index in [1.54, 1.807) is 25.4 Å². The number of methoxy groups -OCH3 is 1. The molecule has 6 nitrogen and oxygen atoms in total. The van der Waals surface area contributed by atoms with Gasteiger partial charge in [0, 0.05) is 18.9 Å². The van der Waals surface area contributed by atoms with Crippen molar-refractivity contribution in [2.24, 2.45) is 0 Å². The van der Waals surface area contributed by atoms with E-state index in [1.165, 1.54) is 0 Å². The molecule has 0 aromatic carbocycles. The van der Waals surface area contributed by atoms with Crippen molar-refractivity contribution in [2.45, 2.75) is 32.3 Å². The van der Waals surface area contributed by atoms with Gasteiger partial charge < -0.3 is 9.26 Å². The number of nitriles is 1. The third-order valence-corrected chi connectivity index (χ3v) is 3.49. The number of nitrogens with zero attached hydrogens (tertiary/aromatic N) is 4. The molecule has 6 heteroatoms. The van der Waals surface area contributed by atoms with Crippen LogP contribution in [0.3, 0.4) is 0 Å². The highest BCUT2D eigenvalue weighted by atomic mass is 16.5. The molecule has 0 saturated carbocycles. The molecule has 0 amide bonds. The first-order valence-corrected chi connectivity index (χ1v) is 6.45. The summed E-state index contributed by atoms with van der Waals surface area (Å²) in [4.78, 5) is 8.31. The Morgan fingerprint density at radius 2 is 2.15 bits per heavy atom. The number of aromatic nitrogens is 3. The van der Waals surface area contributed by atoms with E-state index in [0.717, 1.165) is 12.8 Å². The summed E-state index contributed by atoms with van der Waals surface area (Å²) in [6.45, 7) is 4.03. The van der Waals surface area contributed by atoms with Gasteiger partial charge in [-0.1, -0.05) is 19.0 Å². The Morgan fingerprint density at radius 3 is 2.75 bits per heavy atom. The van der Waals surface area contributed by atoms with E-state index in [2.05, 4.69) is 15.1 Å². The first kappa shape index (κ1) is 14.2. The van der Waals surface area contributed by atoms with Crippen molar-refractivity contribution in [3.8, 4) is 17.5 Å². The lowest BCUT2D eigenvalue weighted by molar-refractivity contribution is -0.0306. The molecule has 2 aromatic rings. The molecule has 0 bridgehead atoms. The van der Waals surface area contributed by atoms with E-state index in [9.17, 15) is 0 Å². The van der Waals surface area contributed by atoms with Gasteiger partial charge in [0.25, 0.3) is 5.89 Å². The summed E-state index contributed by atoms with van der Waals surface area (Å²) in [7, 11) is 1.64. The van der Waals surface area contributed by atoms with E-state index in [-0.39, 0.29) is 0 Å². The maximum absolute atomic E-state index is 8.86. The molecule has 0 aliphatic carbocycles. The Bertz CT molecular complexity index is 618. The van der Waals surface area contributed by atoms with E-state index in [0.29, 0.717) is 23.0 Å². The van der Waals surface area contributed by atoms with E-state index < -0.39 is 5.60 Å². The molecule has 20 heavy (non-hydrogen) atoms. The van der Waals surface area contributed by atoms with Crippen LogP contribution >= 0.6 is 0 Å². The maximum atomic E-state index is 8.86. The summed E-state index contributed by atoms with van der Waals surface area (Å²) in [6, 6.07) is 5.32. The standard InChI is InChI=1S/C14H16N4O2/c1-4-14(5-2,19-3)13-17-12(20-18-13)10-6-7-16-11(8-10)9-15/h6-8H,4-5H2,1-3H3. The third-order valence-electron chi connectivity index (χ3n) is 3.49. The SMILES string of the molecule is CCC(CC)(OC)c1noc(-c2ccnc(C#N)c2)n1. The molecule has 0 aliphatic heterocycles. The summed E-state index contributed by atoms with van der Waals surface area (Å²) in [5, 5.41) is 12.9. The molecule has 0 fully saturated rings. The van der Waals surface area contributed by atoms with Crippen LogP contribution < -0.4 is 0 Å². The second-order valence-corrected chi connectivity index (χ2v) is 4.37. The van der Waals surface area contributed by atoms with Crippen LogP contribution in [0.25, 0.3) is 11.5 Å². The molecule has 0 N–H and O–H groups in total. The fourth-order valence-electron chi connectivity index (χ4n) is 2.10. The molecule has 2 heterocycles. The average molecular weight is 272 g/mol. The van der Waals surface area contributed by atoms with E-state index in [4.69, 9.17) is 14.5 Å². The van der Waals surface area contributed by atoms with Crippen molar-refractivity contribution in [1.82, 2.24) is 15.1 Å². The second kappa shape index (κ2) is 5.80. The largest absolute Gasteiger partial charge is 0.370 e. The quantitative estimate of drug-likeness (QED) is 0.831. The van der Waals surface area contributed by atoms with Crippen LogP contribution in [0.15, 0.2) is 22.9 Å². The maximum Gasteiger partial charge on any atom is 0.258 e. The van der Waals surface area contributed by atoms with Gasteiger partial charge in [0.05, 0.1) is 0 Å². The number of pyridine rings is 1. The first-order chi connectivity index (χ1) is 9.69. The number of hydrogen-bond donors (Lipinski definition) is 0. The molecule has 104 valence electrons. The van der Waals surface area contributed by atoms with Crippen molar-refractivity contribution in [2.75, 3.05) is 7.11 Å². The lowest BCUT2D eigenvalue weighted by atomic mass is 9.96. The Kier molecular flexibility index (Phi) is 4.11. The van der Waals surface area contributed by atoms with E-state index in [1.807, 2.05) is 19.9 Å². The molecule has 0 unspecified atom stereocenters. The van der Waals surface area contributed by atoms with Crippen LogP contribution in [0, 0.1) is 11.3 Å². The summed E-state index contributed by atoms with van der Waals surface area (Å²) >= 11 is 0. The Labute approximate surface area is 117 Å². The van der Waals surface area contributed by atoms with Crippen molar-refractivity contribution >= 4 is 0 Å². The number of hydrogen-bond acceptors (Lipinski definition) is 6. The normalized spacial score (nSPS) is 11.3. The minimum absolute atomic E-state index is 0.311. The number of ether oxygens (including phenoxy) is 1. The van der Waals surface area contributed by atoms with E-state index >= 15 is 0 Å². The Hall–Kier alpha value is -2.26. The molecule has 0 atom stereocenters. The monoisotopic (exact) mass is 272 g/mol. The lowest BCUT2D eigenvalue weighted by Gasteiger charge is -2.25. The van der Waals surface area contributed by atoms with Gasteiger partial charge in [-0.2, -0.15) is 10.2 Å². The molecular weight excluding hydrogens is 256 g/mol. The number of rotatable bonds is 5. The summed E-state index contributed by atoms with van der Waals surface area (Å²) in [5.74, 6) is 0.887. The molecule has 0 radical (unpaired) electrons. The molecule has 2 rings (SSSR count). The van der Waals surface area contributed by atoms with Crippen LogP contribution in [0.4, 0.5) is 0 Å². The molecule has 0 spiro atoms. The van der Waals surface area contributed by atoms with Gasteiger partial charge >= 0.3 is 0 Å². The molecule has 0 saturated heterocycles. The van der Waals surface area contributed by atoms with Gasteiger partial charge in [-0.05, 0) is 25.0 Å². The zero-order valence-corrected chi connectivity index (χ0v) is 11.8. The smallest absolute Gasteiger partial charge is 0.258 e. The highest BCUT2D eigenvalue weighted by molar-refractivity contribution is 5.54. The molecular formula is C14H16N4O2. The van der Waals surface area contributed by atoms with Crippen LogP contribution in [-0.4, -0.2) is 22.2 Å². The minimum Gasteiger partial charge on any atom is -0.370 e. The van der Waals surface area contributed by atoms with Gasteiger partial charge in [0.1, 0.15) is 17.4 Å². The van der Waals surface area contributed by atoms with Crippen LogP contribution in [-0.2, 0) is 10.3 Å². The zero-order valence-electron chi connectivity index (χ0n) is 11.8. The van der Waals surface area contributed by atoms with Gasteiger partial charge in [0.15, 0.2) is 0 Å². The predicted octanol–water partition coefficient (Wildman–Crippen LogP) is 2.66. The Morgan fingerprint density at radius 1 is 1.40 bits per heavy atom. The fraction of sp³-hybridized carbons (Fsp3) is 0.429. The van der Waals surface area contributed by atoms with Gasteiger partial charge in [0.2, 0.25) is 5.82 Å². The van der Waals surface area contributed by atoms with Crippen molar-refractivity contribution in [1.29, 1.82) is 5.26 Å². The first-order valence-electron chi connectivity index (χ1n) is 6.45. The fourth-order valence-corrected chi connectivity index (χ4v) is 2.10. The topological polar surface area (TPSA) is 84.8 Å². The summed E-state index contributed by atoms with van der Waals surface area (Å²) < 4.78 is 10.9. The summed E-state index contributed by atoms with van der Waals surface area (Å²) in [6.07, 6.45) is 3.04. The van der Waals surface area contributed by atoms with Gasteiger partial charge in [-0.25, -0.2) is 4.98 Å². The highest BCUT2D eigenvalue weighted by Gasteiger charge is 2.33. The van der Waals surface area contributed by atoms with Gasteiger partial charge in [-0.3, -0.25) is 0 Å². The highest BCUT2D eigenvalue weighted by Crippen LogP contribution is 2.31. The van der Waals surface area contributed by atoms with Crippen LogP contribution in [0.1, 0.15) is 38.2 Å². The van der Waals surface area contributed by atoms with Crippen molar-refractivity contribution < 1.29 is 9.26 Å². The molecule has 0 aliphatic rings. The predicted molar refractivity (Wildman–Crippen MR) is 71.5 cm³/mol. The molecule has 2 aromatic heterocycles. The van der Waals surface area contributed by atoms with Crippen LogP contribution in [0.5, 0.6) is 0 Å². The summed E-state index contributed by atoms with van der Waals surface area (Å²) in [5.41, 5.74) is 0.450. The average Bonchev–Trinajstić information content (AvgIpc) is 3.00. The Balaban J connectivity index is 2.40. The lowest BCUT2D eigenvalue weighted by Crippen LogP contribution is -2.28. The van der Waals surface area contributed by atoms with Crippen molar-refractivity contribution in [3.05, 3.63) is 29.8 Å². The van der Waals surface area contributed by atoms with Crippen LogP contribution in [0.2, 0.25) is 0 Å². The minimum atomic E-state index is -0.535. The third kappa shape index (κ3) is 2.40. The van der Waals surface area contributed by atoms with Gasteiger partial charge in [-0.15, -0.1) is 0 Å². The van der Waals surface area contributed by atoms with Crippen molar-refractivity contribution in [3.63, 3.8) is 0 Å². The second-order valence-electron chi connectivity index (χ2n) is 4.37.